The number of fused-ring (bicyclic) bond motifs is 1. The molecule has 4 N–H and O–H groups in total. The summed E-state index contributed by atoms with van der Waals surface area (Å²) in [5.41, 5.74) is 9.31. The Hall–Kier alpha value is -5.18. The fraction of sp³-hybridized carbons (Fsp3) is 0. The van der Waals surface area contributed by atoms with Crippen LogP contribution < -0.4 is 21.1 Å². The van der Waals surface area contributed by atoms with Crippen LogP contribution in [0.1, 0.15) is 0 Å². The molecule has 3 aromatic carbocycles. The number of nitrogens with zero attached hydrogens (tertiary/aromatic N) is 4. The van der Waals surface area contributed by atoms with E-state index in [0.717, 1.165) is 17.1 Å². The summed E-state index contributed by atoms with van der Waals surface area (Å²) in [5, 5.41) is 5.92. The Labute approximate surface area is 200 Å². The minimum Gasteiger partial charge on any atom is -0.457 e. The highest BCUT2D eigenvalue weighted by Crippen LogP contribution is 2.26. The average Bonchev–Trinajstić information content (AvgIpc) is 3.31. The molecule has 2 heterocycles. The van der Waals surface area contributed by atoms with Crippen molar-refractivity contribution in [1.29, 1.82) is 0 Å². The lowest BCUT2D eigenvalue weighted by Crippen LogP contribution is -2.07. The lowest BCUT2D eigenvalue weighted by atomic mass is 10.2. The molecule has 0 aliphatic carbocycles. The summed E-state index contributed by atoms with van der Waals surface area (Å²) in [4.78, 5) is 25.0. The number of rotatable bonds is 7. The highest BCUT2D eigenvalue weighted by atomic mass is 16.5. The van der Waals surface area contributed by atoms with Crippen LogP contribution in [0.3, 0.4) is 0 Å². The van der Waals surface area contributed by atoms with Gasteiger partial charge < -0.3 is 21.1 Å². The maximum atomic E-state index is 11.7. The van der Waals surface area contributed by atoms with Crippen molar-refractivity contribution in [2.75, 3.05) is 16.4 Å². The first-order valence-corrected chi connectivity index (χ1v) is 10.7. The van der Waals surface area contributed by atoms with E-state index >= 15 is 0 Å². The number of carbonyl (C=O) groups is 1. The Morgan fingerprint density at radius 1 is 0.943 bits per heavy atom. The lowest BCUT2D eigenvalue weighted by Gasteiger charge is -2.10. The van der Waals surface area contributed by atoms with Gasteiger partial charge in [0, 0.05) is 11.4 Å². The topological polar surface area (TPSA) is 120 Å². The molecule has 0 fully saturated rings. The zero-order valence-electron chi connectivity index (χ0n) is 18.6. The molecule has 1 amide bonds. The van der Waals surface area contributed by atoms with Gasteiger partial charge >= 0.3 is 0 Å². The van der Waals surface area contributed by atoms with E-state index in [1.54, 1.807) is 23.0 Å². The van der Waals surface area contributed by atoms with Gasteiger partial charge in [0.2, 0.25) is 11.9 Å². The van der Waals surface area contributed by atoms with Crippen molar-refractivity contribution >= 4 is 40.2 Å². The number of carbonyl (C=O) groups excluding carboxylic acids is 1. The van der Waals surface area contributed by atoms with Gasteiger partial charge in [0.25, 0.3) is 0 Å². The van der Waals surface area contributed by atoms with E-state index in [1.165, 1.54) is 6.08 Å². The molecule has 9 heteroatoms. The first-order chi connectivity index (χ1) is 17.1. The minimum absolute atomic E-state index is 0.247. The summed E-state index contributed by atoms with van der Waals surface area (Å²) in [6.07, 6.45) is 2.83. The molecule has 0 radical (unpaired) electrons. The summed E-state index contributed by atoms with van der Waals surface area (Å²) in [6.45, 7) is 3.48. The number of aromatic nitrogens is 4. The molecular weight excluding hydrogens is 442 g/mol. The van der Waals surface area contributed by atoms with E-state index in [9.17, 15) is 4.79 Å². The SMILES string of the molecule is C=CC(=O)Nc1cccc(-n2cnc3c(N)nc(Nc4ccc(Oc5ccccc5)cc4)nc32)c1. The van der Waals surface area contributed by atoms with Crippen molar-refractivity contribution < 1.29 is 9.53 Å². The summed E-state index contributed by atoms with van der Waals surface area (Å²) < 4.78 is 7.61. The molecular formula is C26H21N7O2. The van der Waals surface area contributed by atoms with Gasteiger partial charge in [0.05, 0.1) is 5.69 Å². The van der Waals surface area contributed by atoms with Crippen molar-refractivity contribution in [2.45, 2.75) is 0 Å². The molecule has 0 bridgehead atoms. The van der Waals surface area contributed by atoms with E-state index in [1.807, 2.05) is 66.7 Å². The predicted molar refractivity (Wildman–Crippen MR) is 136 cm³/mol. The van der Waals surface area contributed by atoms with Crippen molar-refractivity contribution in [1.82, 2.24) is 19.5 Å². The van der Waals surface area contributed by atoms with Crippen molar-refractivity contribution in [3.05, 3.63) is 97.8 Å². The highest BCUT2D eigenvalue weighted by molar-refractivity contribution is 5.99. The number of nitrogens with one attached hydrogen (secondary N) is 2. The zero-order chi connectivity index (χ0) is 24.2. The number of nitrogen functional groups attached to an aromatic ring is 1. The standard InChI is InChI=1S/C26H21N7O2/c1-2-22(34)29-18-7-6-8-19(15-18)33-16-28-23-24(27)31-26(32-25(23)33)30-17-11-13-21(14-12-17)35-20-9-4-3-5-10-20/h2-16H,1H2,(H,29,34)(H3,27,30,31,32). The Bertz CT molecular complexity index is 1510. The second kappa shape index (κ2) is 9.36. The molecule has 0 saturated carbocycles. The van der Waals surface area contributed by atoms with E-state index in [0.29, 0.717) is 28.5 Å². The first kappa shape index (κ1) is 21.7. The summed E-state index contributed by atoms with van der Waals surface area (Å²) in [7, 11) is 0. The van der Waals surface area contributed by atoms with Crippen LogP contribution >= 0.6 is 0 Å². The van der Waals surface area contributed by atoms with Gasteiger partial charge in [-0.25, -0.2) is 4.98 Å². The maximum Gasteiger partial charge on any atom is 0.247 e. The van der Waals surface area contributed by atoms with E-state index in [4.69, 9.17) is 10.5 Å². The summed E-state index contributed by atoms with van der Waals surface area (Å²) in [5.74, 6) is 1.74. The largest absolute Gasteiger partial charge is 0.457 e. The number of nitrogens with two attached hydrogens (primary N) is 1. The first-order valence-electron chi connectivity index (χ1n) is 10.7. The molecule has 35 heavy (non-hydrogen) atoms. The third-order valence-corrected chi connectivity index (χ3v) is 5.09. The Kier molecular flexibility index (Phi) is 5.79. The number of benzene rings is 3. The molecule has 0 unspecified atom stereocenters. The van der Waals surface area contributed by atoms with Gasteiger partial charge in [-0.3, -0.25) is 9.36 Å². The molecule has 2 aromatic heterocycles. The number of hydrogen-bond donors (Lipinski definition) is 3. The monoisotopic (exact) mass is 463 g/mol. The minimum atomic E-state index is -0.295. The fourth-order valence-corrected chi connectivity index (χ4v) is 3.45. The molecule has 0 spiro atoms. The van der Waals surface area contributed by atoms with Gasteiger partial charge in [0.1, 0.15) is 17.8 Å². The average molecular weight is 464 g/mol. The third kappa shape index (κ3) is 4.79. The van der Waals surface area contributed by atoms with Crippen molar-refractivity contribution in [3.8, 4) is 17.2 Å². The quantitative estimate of drug-likeness (QED) is 0.289. The number of para-hydroxylation sites is 1. The smallest absolute Gasteiger partial charge is 0.247 e. The number of anilines is 4. The number of ether oxygens (including phenoxy) is 1. The number of hydrogen-bond acceptors (Lipinski definition) is 7. The molecule has 5 aromatic rings. The molecule has 172 valence electrons. The van der Waals surface area contributed by atoms with Gasteiger partial charge in [-0.1, -0.05) is 30.8 Å². The van der Waals surface area contributed by atoms with Crippen LogP contribution in [-0.2, 0) is 4.79 Å². The molecule has 5 rings (SSSR count). The maximum absolute atomic E-state index is 11.7. The summed E-state index contributed by atoms with van der Waals surface area (Å²) in [6, 6.07) is 24.3. The van der Waals surface area contributed by atoms with Crippen LogP contribution in [0, 0.1) is 0 Å². The second-order valence-electron chi connectivity index (χ2n) is 7.53. The molecule has 9 nitrogen and oxygen atoms in total. The Balaban J connectivity index is 1.40. The van der Waals surface area contributed by atoms with Gasteiger partial charge in [-0.15, -0.1) is 0 Å². The van der Waals surface area contributed by atoms with Crippen LogP contribution in [-0.4, -0.2) is 25.4 Å². The van der Waals surface area contributed by atoms with Crippen LogP contribution in [0.2, 0.25) is 0 Å². The van der Waals surface area contributed by atoms with E-state index in [2.05, 4.69) is 32.2 Å². The van der Waals surface area contributed by atoms with Crippen molar-refractivity contribution in [2.24, 2.45) is 0 Å². The van der Waals surface area contributed by atoms with Gasteiger partial charge in [-0.05, 0) is 60.7 Å². The highest BCUT2D eigenvalue weighted by Gasteiger charge is 2.13. The zero-order valence-corrected chi connectivity index (χ0v) is 18.6. The predicted octanol–water partition coefficient (Wildman–Crippen LogP) is 5.06. The molecule has 0 atom stereocenters. The van der Waals surface area contributed by atoms with E-state index in [-0.39, 0.29) is 11.7 Å². The van der Waals surface area contributed by atoms with Crippen molar-refractivity contribution in [3.63, 3.8) is 0 Å². The number of amides is 1. The normalized spacial score (nSPS) is 10.6. The molecule has 0 saturated heterocycles. The molecule has 0 aliphatic heterocycles. The Morgan fingerprint density at radius 3 is 2.49 bits per heavy atom. The summed E-state index contributed by atoms with van der Waals surface area (Å²) >= 11 is 0. The van der Waals surface area contributed by atoms with E-state index < -0.39 is 0 Å². The third-order valence-electron chi connectivity index (χ3n) is 5.09. The molecule has 0 aliphatic rings. The lowest BCUT2D eigenvalue weighted by molar-refractivity contribution is -0.111. The number of imidazole rings is 1. The van der Waals surface area contributed by atoms with Crippen LogP contribution in [0.15, 0.2) is 97.8 Å². The fourth-order valence-electron chi connectivity index (χ4n) is 3.45. The van der Waals surface area contributed by atoms with Gasteiger partial charge in [0.15, 0.2) is 17.0 Å². The van der Waals surface area contributed by atoms with Crippen LogP contribution in [0.5, 0.6) is 11.5 Å². The Morgan fingerprint density at radius 2 is 1.71 bits per heavy atom. The second-order valence-corrected chi connectivity index (χ2v) is 7.53. The van der Waals surface area contributed by atoms with Crippen LogP contribution in [0.25, 0.3) is 16.9 Å². The van der Waals surface area contributed by atoms with Crippen LogP contribution in [0.4, 0.5) is 23.1 Å². The van der Waals surface area contributed by atoms with Gasteiger partial charge in [-0.2, -0.15) is 9.97 Å².